The van der Waals surface area contributed by atoms with Gasteiger partial charge in [-0.3, -0.25) is 0 Å². The Bertz CT molecular complexity index is 597. The molecule has 2 N–H and O–H groups in total. The summed E-state index contributed by atoms with van der Waals surface area (Å²) >= 11 is 0. The normalized spacial score (nSPS) is 13.1. The molecule has 0 saturated heterocycles. The molecule has 1 aromatic rings. The number of sulfonamides is 1. The maximum atomic E-state index is 12.5. The highest BCUT2D eigenvalue weighted by Gasteiger charge is 2.23. The van der Waals surface area contributed by atoms with Crippen LogP contribution in [0.3, 0.4) is 0 Å². The third-order valence-electron chi connectivity index (χ3n) is 3.17. The zero-order valence-electron chi connectivity index (χ0n) is 12.4. The molecule has 0 aliphatic rings. The van der Waals surface area contributed by atoms with Crippen LogP contribution in [0.4, 0.5) is 0 Å². The van der Waals surface area contributed by atoms with Crippen LogP contribution in [-0.4, -0.2) is 39.3 Å². The van der Waals surface area contributed by atoms with Crippen LogP contribution in [0.2, 0.25) is 0 Å². The highest BCUT2D eigenvalue weighted by molar-refractivity contribution is 7.89. The summed E-state index contributed by atoms with van der Waals surface area (Å²) < 4.78 is 32.5. The second-order valence-electron chi connectivity index (χ2n) is 4.66. The molecule has 0 radical (unpaired) electrons. The van der Waals surface area contributed by atoms with Crippen molar-refractivity contribution in [3.63, 3.8) is 0 Å². The van der Waals surface area contributed by atoms with Gasteiger partial charge in [0.1, 0.15) is 0 Å². The Morgan fingerprint density at radius 2 is 2.05 bits per heavy atom. The minimum absolute atomic E-state index is 0.0134. The zero-order valence-corrected chi connectivity index (χ0v) is 13.2. The molecule has 1 aromatic carbocycles. The molecule has 0 spiro atoms. The van der Waals surface area contributed by atoms with E-state index in [-0.39, 0.29) is 23.1 Å². The van der Waals surface area contributed by atoms with Crippen LogP contribution < -0.4 is 4.72 Å². The molecule has 0 heterocycles. The topological polar surface area (TPSA) is 92.7 Å². The van der Waals surface area contributed by atoms with Crippen LogP contribution in [-0.2, 0) is 21.2 Å². The number of carboxylic acid groups (broad SMARTS) is 1. The standard InChI is InChI=1S/C14H21NO5S/c1-4-10-6-7-11(14(16)17)8-13(10)21(18,19)15-12(5-2)9-20-3/h6-8,12,15H,4-5,9H2,1-3H3,(H,16,17). The van der Waals surface area contributed by atoms with E-state index in [4.69, 9.17) is 9.84 Å². The Morgan fingerprint density at radius 3 is 2.52 bits per heavy atom. The van der Waals surface area contributed by atoms with E-state index >= 15 is 0 Å². The van der Waals surface area contributed by atoms with Gasteiger partial charge in [0.2, 0.25) is 10.0 Å². The molecule has 6 nitrogen and oxygen atoms in total. The molecule has 0 aliphatic carbocycles. The number of carboxylic acids is 1. The Kier molecular flexibility index (Phi) is 6.32. The fraction of sp³-hybridized carbons (Fsp3) is 0.500. The molecule has 0 aromatic heterocycles. The van der Waals surface area contributed by atoms with E-state index in [0.29, 0.717) is 18.4 Å². The Morgan fingerprint density at radius 1 is 1.38 bits per heavy atom. The van der Waals surface area contributed by atoms with Gasteiger partial charge in [0.05, 0.1) is 17.1 Å². The second-order valence-corrected chi connectivity index (χ2v) is 6.35. The van der Waals surface area contributed by atoms with Crippen molar-refractivity contribution in [3.8, 4) is 0 Å². The van der Waals surface area contributed by atoms with E-state index in [1.807, 2.05) is 13.8 Å². The van der Waals surface area contributed by atoms with Gasteiger partial charge in [-0.1, -0.05) is 19.9 Å². The molecule has 1 atom stereocenters. The number of rotatable bonds is 8. The number of nitrogens with one attached hydrogen (secondary N) is 1. The Balaban J connectivity index is 3.22. The molecule has 0 saturated carbocycles. The number of carbonyl (C=O) groups is 1. The minimum atomic E-state index is -3.79. The van der Waals surface area contributed by atoms with E-state index < -0.39 is 16.0 Å². The molecule has 1 rings (SSSR count). The number of hydrogen-bond acceptors (Lipinski definition) is 4. The van der Waals surface area contributed by atoms with Gasteiger partial charge in [-0.2, -0.15) is 0 Å². The van der Waals surface area contributed by atoms with Gasteiger partial charge in [0, 0.05) is 13.2 Å². The van der Waals surface area contributed by atoms with Crippen LogP contribution in [0, 0.1) is 0 Å². The van der Waals surface area contributed by atoms with Gasteiger partial charge in [0.15, 0.2) is 0 Å². The monoisotopic (exact) mass is 315 g/mol. The van der Waals surface area contributed by atoms with Crippen molar-refractivity contribution < 1.29 is 23.1 Å². The van der Waals surface area contributed by atoms with Gasteiger partial charge in [-0.05, 0) is 30.5 Å². The molecular formula is C14H21NO5S. The molecule has 0 fully saturated rings. The van der Waals surface area contributed by atoms with E-state index in [1.54, 1.807) is 0 Å². The van der Waals surface area contributed by atoms with Crippen LogP contribution in [0.5, 0.6) is 0 Å². The number of methoxy groups -OCH3 is 1. The van der Waals surface area contributed by atoms with E-state index in [2.05, 4.69) is 4.72 Å². The quantitative estimate of drug-likeness (QED) is 0.761. The first-order valence-electron chi connectivity index (χ1n) is 6.73. The lowest BCUT2D eigenvalue weighted by molar-refractivity contribution is 0.0696. The van der Waals surface area contributed by atoms with Gasteiger partial charge in [0.25, 0.3) is 0 Å². The SMILES string of the molecule is CCc1ccc(C(=O)O)cc1S(=O)(=O)NC(CC)COC. The summed E-state index contributed by atoms with van der Waals surface area (Å²) in [5, 5.41) is 9.02. The van der Waals surface area contributed by atoms with Crippen molar-refractivity contribution in [1.82, 2.24) is 4.72 Å². The number of hydrogen-bond donors (Lipinski definition) is 2. The van der Waals surface area contributed by atoms with Crippen LogP contribution >= 0.6 is 0 Å². The van der Waals surface area contributed by atoms with Crippen molar-refractivity contribution >= 4 is 16.0 Å². The third-order valence-corrected chi connectivity index (χ3v) is 4.77. The zero-order chi connectivity index (χ0) is 16.0. The average Bonchev–Trinajstić information content (AvgIpc) is 2.45. The van der Waals surface area contributed by atoms with Gasteiger partial charge in [-0.25, -0.2) is 17.9 Å². The highest BCUT2D eigenvalue weighted by atomic mass is 32.2. The summed E-state index contributed by atoms with van der Waals surface area (Å²) in [6.07, 6.45) is 1.07. The number of aryl methyl sites for hydroxylation is 1. The van der Waals surface area contributed by atoms with Gasteiger partial charge < -0.3 is 9.84 Å². The van der Waals surface area contributed by atoms with Crippen molar-refractivity contribution in [1.29, 1.82) is 0 Å². The lowest BCUT2D eigenvalue weighted by atomic mass is 10.1. The van der Waals surface area contributed by atoms with Crippen LogP contribution in [0.25, 0.3) is 0 Å². The van der Waals surface area contributed by atoms with Crippen LogP contribution in [0.15, 0.2) is 23.1 Å². The third kappa shape index (κ3) is 4.52. The first-order chi connectivity index (χ1) is 9.85. The summed E-state index contributed by atoms with van der Waals surface area (Å²) in [5.41, 5.74) is 0.534. The molecule has 1 unspecified atom stereocenters. The summed E-state index contributed by atoms with van der Waals surface area (Å²) in [4.78, 5) is 11.0. The minimum Gasteiger partial charge on any atom is -0.478 e. The summed E-state index contributed by atoms with van der Waals surface area (Å²) in [6, 6.07) is 3.79. The highest BCUT2D eigenvalue weighted by Crippen LogP contribution is 2.19. The average molecular weight is 315 g/mol. The van der Waals surface area contributed by atoms with E-state index in [9.17, 15) is 13.2 Å². The van der Waals surface area contributed by atoms with Crippen molar-refractivity contribution in [3.05, 3.63) is 29.3 Å². The van der Waals surface area contributed by atoms with Crippen molar-refractivity contribution in [2.45, 2.75) is 37.6 Å². The molecule has 0 amide bonds. The van der Waals surface area contributed by atoms with Crippen LogP contribution in [0.1, 0.15) is 36.2 Å². The smallest absolute Gasteiger partial charge is 0.335 e. The number of ether oxygens (including phenoxy) is 1. The Hall–Kier alpha value is -1.44. The number of benzene rings is 1. The van der Waals surface area contributed by atoms with Crippen molar-refractivity contribution in [2.75, 3.05) is 13.7 Å². The molecule has 7 heteroatoms. The first-order valence-corrected chi connectivity index (χ1v) is 8.21. The molecule has 118 valence electrons. The molecule has 0 aliphatic heterocycles. The predicted molar refractivity (Wildman–Crippen MR) is 79.1 cm³/mol. The first kappa shape index (κ1) is 17.6. The maximum absolute atomic E-state index is 12.5. The van der Waals surface area contributed by atoms with Gasteiger partial charge >= 0.3 is 5.97 Å². The van der Waals surface area contributed by atoms with Gasteiger partial charge in [-0.15, -0.1) is 0 Å². The summed E-state index contributed by atoms with van der Waals surface area (Å²) in [7, 11) is -2.29. The molecule has 21 heavy (non-hydrogen) atoms. The fourth-order valence-corrected chi connectivity index (χ4v) is 3.59. The fourth-order valence-electron chi connectivity index (χ4n) is 1.95. The lowest BCUT2D eigenvalue weighted by Crippen LogP contribution is -2.37. The van der Waals surface area contributed by atoms with E-state index in [0.717, 1.165) is 0 Å². The Labute approximate surface area is 125 Å². The maximum Gasteiger partial charge on any atom is 0.335 e. The van der Waals surface area contributed by atoms with E-state index in [1.165, 1.54) is 25.3 Å². The number of aromatic carboxylic acids is 1. The summed E-state index contributed by atoms with van der Waals surface area (Å²) in [5.74, 6) is -1.15. The molecule has 0 bridgehead atoms. The molecular weight excluding hydrogens is 294 g/mol. The second kappa shape index (κ2) is 7.53. The largest absolute Gasteiger partial charge is 0.478 e. The summed E-state index contributed by atoms with van der Waals surface area (Å²) in [6.45, 7) is 3.93. The lowest BCUT2D eigenvalue weighted by Gasteiger charge is -2.18. The predicted octanol–water partition coefficient (Wildman–Crippen LogP) is 1.65. The van der Waals surface area contributed by atoms with Crippen molar-refractivity contribution in [2.24, 2.45) is 0 Å².